The van der Waals surface area contributed by atoms with Crippen LogP contribution in [0, 0.1) is 11.3 Å². The monoisotopic (exact) mass is 294 g/mol. The molecule has 1 aromatic rings. The first-order chi connectivity index (χ1) is 9.36. The highest BCUT2D eigenvalue weighted by Gasteiger charge is 2.34. The first-order valence-electron chi connectivity index (χ1n) is 7.84. The Bertz CT molecular complexity index is 392. The zero-order valence-corrected chi connectivity index (χ0v) is 14.5. The van der Waals surface area contributed by atoms with Crippen molar-refractivity contribution in [2.24, 2.45) is 11.3 Å². The maximum atomic E-state index is 3.79. The molecule has 1 aliphatic heterocycles. The predicted molar refractivity (Wildman–Crippen MR) is 89.2 cm³/mol. The maximum absolute atomic E-state index is 3.79. The summed E-state index contributed by atoms with van der Waals surface area (Å²) in [4.78, 5) is 2.70. The van der Waals surface area contributed by atoms with Gasteiger partial charge >= 0.3 is 0 Å². The highest BCUT2D eigenvalue weighted by molar-refractivity contribution is 7.07. The maximum Gasteiger partial charge on any atom is 0.0246 e. The molecule has 1 aliphatic rings. The van der Waals surface area contributed by atoms with E-state index in [1.807, 2.05) is 11.3 Å². The fraction of sp³-hybridized carbons (Fsp3) is 0.765. The molecule has 1 N–H and O–H groups in total. The highest BCUT2D eigenvalue weighted by Crippen LogP contribution is 2.26. The standard InChI is InChI=1S/C17H30N2S/c1-13(2)8-15-9-18-16(17(3,4)5)11-19(15)10-14-6-7-20-12-14/h6-7,12-13,15-16,18H,8-11H2,1-5H3. The van der Waals surface area contributed by atoms with Crippen molar-refractivity contribution in [1.29, 1.82) is 0 Å². The second kappa shape index (κ2) is 6.59. The summed E-state index contributed by atoms with van der Waals surface area (Å²) in [6.45, 7) is 15.1. The molecule has 1 saturated heterocycles. The Balaban J connectivity index is 2.06. The molecule has 2 atom stereocenters. The molecule has 0 bridgehead atoms. The highest BCUT2D eigenvalue weighted by atomic mass is 32.1. The van der Waals surface area contributed by atoms with E-state index in [0.717, 1.165) is 25.6 Å². The van der Waals surface area contributed by atoms with Gasteiger partial charge in [0.1, 0.15) is 0 Å². The van der Waals surface area contributed by atoms with E-state index < -0.39 is 0 Å². The van der Waals surface area contributed by atoms with Crippen LogP contribution < -0.4 is 5.32 Å². The number of hydrogen-bond acceptors (Lipinski definition) is 3. The quantitative estimate of drug-likeness (QED) is 0.903. The molecule has 0 amide bonds. The number of rotatable bonds is 4. The molecule has 0 aromatic carbocycles. The van der Waals surface area contributed by atoms with Crippen LogP contribution in [-0.2, 0) is 6.54 Å². The largest absolute Gasteiger partial charge is 0.311 e. The van der Waals surface area contributed by atoms with Gasteiger partial charge < -0.3 is 5.32 Å². The average Bonchev–Trinajstić information content (AvgIpc) is 2.82. The molecule has 2 rings (SSSR count). The van der Waals surface area contributed by atoms with E-state index in [1.54, 1.807) is 0 Å². The van der Waals surface area contributed by atoms with Crippen molar-refractivity contribution in [3.63, 3.8) is 0 Å². The van der Waals surface area contributed by atoms with Gasteiger partial charge in [0.2, 0.25) is 0 Å². The van der Waals surface area contributed by atoms with Crippen LogP contribution in [0.15, 0.2) is 16.8 Å². The van der Waals surface area contributed by atoms with Crippen molar-refractivity contribution in [3.05, 3.63) is 22.4 Å². The Morgan fingerprint density at radius 2 is 2.15 bits per heavy atom. The molecule has 3 heteroatoms. The Labute approximate surface area is 128 Å². The van der Waals surface area contributed by atoms with Gasteiger partial charge in [-0.15, -0.1) is 0 Å². The number of nitrogens with zero attached hydrogens (tertiary/aromatic N) is 1. The third kappa shape index (κ3) is 4.31. The van der Waals surface area contributed by atoms with Gasteiger partial charge in [0.15, 0.2) is 0 Å². The van der Waals surface area contributed by atoms with Crippen molar-refractivity contribution in [2.45, 2.75) is 59.7 Å². The SMILES string of the molecule is CC(C)CC1CNC(C(C)(C)C)CN1Cc1ccsc1. The van der Waals surface area contributed by atoms with Gasteiger partial charge in [-0.1, -0.05) is 34.6 Å². The van der Waals surface area contributed by atoms with E-state index in [-0.39, 0.29) is 0 Å². The Kier molecular flexibility index (Phi) is 5.27. The van der Waals surface area contributed by atoms with Crippen molar-refractivity contribution < 1.29 is 0 Å². The molecule has 1 fully saturated rings. The van der Waals surface area contributed by atoms with Crippen LogP contribution in [-0.4, -0.2) is 30.1 Å². The van der Waals surface area contributed by atoms with E-state index in [0.29, 0.717) is 17.5 Å². The number of nitrogens with one attached hydrogen (secondary N) is 1. The molecular weight excluding hydrogens is 264 g/mol. The smallest absolute Gasteiger partial charge is 0.0246 e. The number of thiophene rings is 1. The molecule has 0 aliphatic carbocycles. The lowest BCUT2D eigenvalue weighted by molar-refractivity contribution is 0.0692. The minimum atomic E-state index is 0.329. The third-order valence-electron chi connectivity index (χ3n) is 4.29. The molecule has 0 saturated carbocycles. The fourth-order valence-corrected chi connectivity index (χ4v) is 3.68. The van der Waals surface area contributed by atoms with E-state index in [9.17, 15) is 0 Å². The minimum Gasteiger partial charge on any atom is -0.311 e. The molecule has 20 heavy (non-hydrogen) atoms. The zero-order valence-electron chi connectivity index (χ0n) is 13.6. The van der Waals surface area contributed by atoms with Gasteiger partial charge in [-0.3, -0.25) is 4.90 Å². The second-order valence-electron chi connectivity index (χ2n) is 7.67. The lowest BCUT2D eigenvalue weighted by Gasteiger charge is -2.45. The van der Waals surface area contributed by atoms with Gasteiger partial charge in [0.25, 0.3) is 0 Å². The van der Waals surface area contributed by atoms with Crippen molar-refractivity contribution >= 4 is 11.3 Å². The van der Waals surface area contributed by atoms with E-state index in [2.05, 4.69) is 61.7 Å². The molecule has 114 valence electrons. The lowest BCUT2D eigenvalue weighted by atomic mass is 9.84. The number of hydrogen-bond donors (Lipinski definition) is 1. The van der Waals surface area contributed by atoms with Crippen LogP contribution in [0.1, 0.15) is 46.6 Å². The summed E-state index contributed by atoms with van der Waals surface area (Å²) in [7, 11) is 0. The minimum absolute atomic E-state index is 0.329. The molecule has 0 spiro atoms. The lowest BCUT2D eigenvalue weighted by Crippen LogP contribution is -2.60. The summed E-state index contributed by atoms with van der Waals surface area (Å²) in [5.41, 5.74) is 1.80. The van der Waals surface area contributed by atoms with Crippen LogP contribution in [0.4, 0.5) is 0 Å². The van der Waals surface area contributed by atoms with Crippen LogP contribution in [0.25, 0.3) is 0 Å². The Morgan fingerprint density at radius 1 is 1.40 bits per heavy atom. The van der Waals surface area contributed by atoms with Crippen LogP contribution in [0.5, 0.6) is 0 Å². The third-order valence-corrected chi connectivity index (χ3v) is 5.02. The predicted octanol–water partition coefficient (Wildman–Crippen LogP) is 3.98. The molecule has 2 nitrogen and oxygen atoms in total. The zero-order chi connectivity index (χ0) is 14.8. The fourth-order valence-electron chi connectivity index (χ4n) is 3.02. The first kappa shape index (κ1) is 16.0. The average molecular weight is 295 g/mol. The summed E-state index contributed by atoms with van der Waals surface area (Å²) < 4.78 is 0. The van der Waals surface area contributed by atoms with Crippen molar-refractivity contribution in [2.75, 3.05) is 13.1 Å². The molecule has 0 radical (unpaired) electrons. The normalized spacial score (nSPS) is 25.3. The van der Waals surface area contributed by atoms with E-state index in [1.165, 1.54) is 12.0 Å². The van der Waals surface area contributed by atoms with Crippen LogP contribution in [0.3, 0.4) is 0 Å². The van der Waals surface area contributed by atoms with Crippen molar-refractivity contribution in [1.82, 2.24) is 10.2 Å². The summed E-state index contributed by atoms with van der Waals surface area (Å²) in [5, 5.41) is 8.27. The molecule has 2 heterocycles. The van der Waals surface area contributed by atoms with Gasteiger partial charge in [-0.05, 0) is 40.1 Å². The van der Waals surface area contributed by atoms with E-state index >= 15 is 0 Å². The first-order valence-corrected chi connectivity index (χ1v) is 8.79. The summed E-state index contributed by atoms with van der Waals surface area (Å²) >= 11 is 1.81. The van der Waals surface area contributed by atoms with Crippen LogP contribution >= 0.6 is 11.3 Å². The number of piperazine rings is 1. The summed E-state index contributed by atoms with van der Waals surface area (Å²) in [6.07, 6.45) is 1.29. The van der Waals surface area contributed by atoms with Crippen LogP contribution in [0.2, 0.25) is 0 Å². The van der Waals surface area contributed by atoms with Gasteiger partial charge in [0.05, 0.1) is 0 Å². The molecular formula is C17H30N2S. The molecule has 1 aromatic heterocycles. The van der Waals surface area contributed by atoms with Gasteiger partial charge in [-0.2, -0.15) is 11.3 Å². The van der Waals surface area contributed by atoms with Gasteiger partial charge in [-0.25, -0.2) is 0 Å². The second-order valence-corrected chi connectivity index (χ2v) is 8.45. The molecule has 2 unspecified atom stereocenters. The van der Waals surface area contributed by atoms with Crippen molar-refractivity contribution in [3.8, 4) is 0 Å². The summed E-state index contributed by atoms with van der Waals surface area (Å²) in [5.74, 6) is 0.762. The Hall–Kier alpha value is -0.380. The topological polar surface area (TPSA) is 15.3 Å². The van der Waals surface area contributed by atoms with E-state index in [4.69, 9.17) is 0 Å². The summed E-state index contributed by atoms with van der Waals surface area (Å²) in [6, 6.07) is 3.53. The van der Waals surface area contributed by atoms with Gasteiger partial charge in [0, 0.05) is 31.7 Å². The Morgan fingerprint density at radius 3 is 2.70 bits per heavy atom.